The van der Waals surface area contributed by atoms with Gasteiger partial charge >= 0.3 is 5.97 Å². The van der Waals surface area contributed by atoms with Crippen LogP contribution in [0.25, 0.3) is 11.1 Å². The zero-order chi connectivity index (χ0) is 36.9. The molecule has 2 fully saturated rings. The molecule has 1 amide bonds. The molecular formula is C39H45F2N8O4+. The summed E-state index contributed by atoms with van der Waals surface area (Å²) >= 11 is 0. The first-order valence-corrected chi connectivity index (χ1v) is 18.7. The number of carboxylic acids is 1. The minimum absolute atomic E-state index is 0.0141. The van der Waals surface area contributed by atoms with Crippen molar-refractivity contribution in [3.63, 3.8) is 0 Å². The number of aromatic carboxylic acids is 1. The van der Waals surface area contributed by atoms with Gasteiger partial charge in [-0.2, -0.15) is 5.10 Å². The summed E-state index contributed by atoms with van der Waals surface area (Å²) in [5.74, 6) is 0.366. The molecule has 5 heterocycles. The summed E-state index contributed by atoms with van der Waals surface area (Å²) in [4.78, 5) is 27.6. The molecule has 0 saturated heterocycles. The average molecular weight is 728 g/mol. The largest absolute Gasteiger partial charge is 0.476 e. The molecule has 0 radical (unpaired) electrons. The lowest BCUT2D eigenvalue weighted by Gasteiger charge is -2.43. The van der Waals surface area contributed by atoms with Crippen molar-refractivity contribution in [3.05, 3.63) is 64.8 Å². The molecule has 3 aromatic rings. The average Bonchev–Trinajstić information content (AvgIpc) is 3.76. The summed E-state index contributed by atoms with van der Waals surface area (Å²) in [5.41, 5.74) is 5.21. The fourth-order valence-corrected chi connectivity index (χ4v) is 8.99. The molecule has 5 aliphatic rings. The molecule has 3 aliphatic heterocycles. The van der Waals surface area contributed by atoms with Crippen LogP contribution in [-0.4, -0.2) is 84.3 Å². The number of ether oxygens (including phenoxy) is 1. The molecule has 1 aromatic carbocycles. The van der Waals surface area contributed by atoms with Gasteiger partial charge in [0.15, 0.2) is 11.9 Å². The van der Waals surface area contributed by atoms with Crippen LogP contribution in [0.1, 0.15) is 99.2 Å². The maximum absolute atomic E-state index is 14.6. The monoisotopic (exact) mass is 727 g/mol. The highest BCUT2D eigenvalue weighted by molar-refractivity contribution is 6.12. The van der Waals surface area contributed by atoms with E-state index in [0.29, 0.717) is 49.0 Å². The van der Waals surface area contributed by atoms with E-state index in [9.17, 15) is 18.4 Å². The van der Waals surface area contributed by atoms with Gasteiger partial charge in [-0.25, -0.2) is 13.6 Å². The highest BCUT2D eigenvalue weighted by atomic mass is 19.3. The van der Waals surface area contributed by atoms with Gasteiger partial charge in [0.25, 0.3) is 6.43 Å². The Kier molecular flexibility index (Phi) is 9.32. The van der Waals surface area contributed by atoms with Crippen LogP contribution in [0, 0.1) is 11.3 Å². The predicted octanol–water partition coefficient (Wildman–Crippen LogP) is 6.38. The van der Waals surface area contributed by atoms with Crippen molar-refractivity contribution < 1.29 is 32.9 Å². The summed E-state index contributed by atoms with van der Waals surface area (Å²) in [6.07, 6.45) is 13.7. The van der Waals surface area contributed by atoms with Gasteiger partial charge in [0.05, 0.1) is 24.7 Å². The van der Waals surface area contributed by atoms with E-state index in [1.165, 1.54) is 6.07 Å². The van der Waals surface area contributed by atoms with E-state index in [2.05, 4.69) is 31.1 Å². The van der Waals surface area contributed by atoms with Crippen LogP contribution in [0.15, 0.2) is 53.0 Å². The summed E-state index contributed by atoms with van der Waals surface area (Å²) in [5, 5.41) is 26.2. The van der Waals surface area contributed by atoms with Gasteiger partial charge in [0, 0.05) is 67.2 Å². The van der Waals surface area contributed by atoms with E-state index in [0.717, 1.165) is 92.6 Å². The number of carbonyl (C=O) groups excluding carboxylic acids is 1. The highest BCUT2D eigenvalue weighted by Crippen LogP contribution is 2.49. The number of benzene rings is 1. The van der Waals surface area contributed by atoms with Crippen molar-refractivity contribution in [2.24, 2.45) is 23.5 Å². The summed E-state index contributed by atoms with van der Waals surface area (Å²) in [7, 11) is 1.78. The number of amidine groups is 1. The number of aryl methyl sites for hydroxylation is 2. The van der Waals surface area contributed by atoms with Crippen molar-refractivity contribution >= 4 is 29.6 Å². The molecule has 53 heavy (non-hydrogen) atoms. The number of amides is 1. The van der Waals surface area contributed by atoms with E-state index >= 15 is 0 Å². The molecule has 0 unspecified atom stereocenters. The standard InChI is InChI=1S/C39H44F2N8O4/c1-24(50)47-17-11-33-31(23-47)37(48-16-3-4-26-18-29(27-20-42-46(2)22-27)30(36(40)41)19-34(26)48)45-49(33)21-25-7-12-39(13-8-25)14-9-28(10-15-39)53-35-6-5-32(38(51)52)43-44-35/h5-6,18-22,25,28,36H,3-4,7-17,23H2,1-2H3/p+1/b49-21-. The van der Waals surface area contributed by atoms with E-state index in [4.69, 9.17) is 14.9 Å². The number of anilines is 1. The van der Waals surface area contributed by atoms with Crippen molar-refractivity contribution in [1.29, 1.82) is 0 Å². The number of aromatic nitrogens is 4. The van der Waals surface area contributed by atoms with Crippen molar-refractivity contribution in [3.8, 4) is 17.0 Å². The normalized spacial score (nSPS) is 25.2. The first kappa shape index (κ1) is 35.0. The van der Waals surface area contributed by atoms with Crippen LogP contribution in [0.4, 0.5) is 14.5 Å². The number of carbonyl (C=O) groups is 2. The molecule has 2 saturated carbocycles. The van der Waals surface area contributed by atoms with Gasteiger partial charge in [-0.1, -0.05) is 4.68 Å². The summed E-state index contributed by atoms with van der Waals surface area (Å²) in [6.45, 7) is 3.31. The summed E-state index contributed by atoms with van der Waals surface area (Å²) in [6, 6.07) is 6.54. The number of rotatable bonds is 6. The third-order valence-electron chi connectivity index (χ3n) is 12.0. The number of hydrazone groups is 1. The third kappa shape index (κ3) is 6.95. The Morgan fingerprint density at radius 2 is 1.83 bits per heavy atom. The first-order chi connectivity index (χ1) is 25.6. The fraction of sp³-hybridized carbons (Fsp3) is 0.513. The zero-order valence-corrected chi connectivity index (χ0v) is 30.2. The lowest BCUT2D eigenvalue weighted by Crippen LogP contribution is -2.42. The topological polar surface area (TPSA) is 129 Å². The molecule has 278 valence electrons. The van der Waals surface area contributed by atoms with Crippen molar-refractivity contribution in [2.75, 3.05) is 24.5 Å². The molecule has 12 nitrogen and oxygen atoms in total. The number of hydrogen-bond donors (Lipinski definition) is 1. The predicted molar refractivity (Wildman–Crippen MR) is 193 cm³/mol. The Balaban J connectivity index is 1.01. The molecule has 1 spiro atoms. The number of carboxylic acid groups (broad SMARTS) is 1. The Hall–Kier alpha value is -5.01. The molecule has 2 aromatic heterocycles. The number of halogens is 2. The van der Waals surface area contributed by atoms with Crippen LogP contribution >= 0.6 is 0 Å². The molecular weight excluding hydrogens is 682 g/mol. The van der Waals surface area contributed by atoms with Gasteiger partial charge in [0.2, 0.25) is 23.3 Å². The second kappa shape index (κ2) is 14.1. The van der Waals surface area contributed by atoms with Gasteiger partial charge in [-0.05, 0) is 98.9 Å². The molecule has 0 atom stereocenters. The maximum Gasteiger partial charge on any atom is 0.356 e. The number of alkyl halides is 2. The van der Waals surface area contributed by atoms with E-state index < -0.39 is 12.4 Å². The fourth-order valence-electron chi connectivity index (χ4n) is 8.99. The Morgan fingerprint density at radius 3 is 2.49 bits per heavy atom. The van der Waals surface area contributed by atoms with Crippen LogP contribution < -0.4 is 9.64 Å². The SMILES string of the molecule is CC(=O)N1CCC2=C(C1)C(N1CCCc3cc(-c4cnn(C)c4)c(C(F)F)cc31)=N/[N+]2=C\C1CCC2(CC1)CCC(Oc1ccc(C(=O)O)nn1)CC2. The molecule has 8 rings (SSSR count). The zero-order valence-electron chi connectivity index (χ0n) is 30.2. The molecule has 0 bridgehead atoms. The Morgan fingerprint density at radius 1 is 1.06 bits per heavy atom. The van der Waals surface area contributed by atoms with Crippen LogP contribution in [-0.2, 0) is 18.3 Å². The van der Waals surface area contributed by atoms with E-state index in [1.807, 2.05) is 11.0 Å². The second-order valence-corrected chi connectivity index (χ2v) is 15.3. The van der Waals surface area contributed by atoms with Crippen LogP contribution in [0.2, 0.25) is 0 Å². The van der Waals surface area contributed by atoms with Gasteiger partial charge in [-0.3, -0.25) is 9.48 Å². The molecule has 14 heteroatoms. The van der Waals surface area contributed by atoms with Gasteiger partial charge in [-0.15, -0.1) is 10.2 Å². The smallest absolute Gasteiger partial charge is 0.356 e. The quantitative estimate of drug-likeness (QED) is 0.290. The van der Waals surface area contributed by atoms with Gasteiger partial charge < -0.3 is 19.6 Å². The van der Waals surface area contributed by atoms with E-state index in [-0.39, 0.29) is 28.7 Å². The number of hydrogen-bond acceptors (Lipinski definition) is 8. The number of fused-ring (bicyclic) bond motifs is 1. The number of nitrogens with zero attached hydrogens (tertiary/aromatic N) is 8. The van der Waals surface area contributed by atoms with Crippen molar-refractivity contribution in [2.45, 2.75) is 90.1 Å². The first-order valence-electron chi connectivity index (χ1n) is 18.7. The van der Waals surface area contributed by atoms with Crippen LogP contribution in [0.3, 0.4) is 0 Å². The lowest BCUT2D eigenvalue weighted by atomic mass is 9.63. The molecule has 2 aliphatic carbocycles. The third-order valence-corrected chi connectivity index (χ3v) is 12.0. The molecule has 1 N–H and O–H groups in total. The van der Waals surface area contributed by atoms with E-state index in [1.54, 1.807) is 43.2 Å². The lowest BCUT2D eigenvalue weighted by molar-refractivity contribution is -0.479. The maximum atomic E-state index is 14.6. The van der Waals surface area contributed by atoms with Crippen molar-refractivity contribution in [1.82, 2.24) is 24.9 Å². The summed E-state index contributed by atoms with van der Waals surface area (Å²) < 4.78 is 39.0. The second-order valence-electron chi connectivity index (χ2n) is 15.3. The minimum atomic E-state index is -2.66. The Labute approximate surface area is 306 Å². The van der Waals surface area contributed by atoms with Gasteiger partial charge in [0.1, 0.15) is 6.10 Å². The minimum Gasteiger partial charge on any atom is -0.476 e. The van der Waals surface area contributed by atoms with Crippen LogP contribution in [0.5, 0.6) is 5.88 Å². The highest BCUT2D eigenvalue weighted by Gasteiger charge is 2.43. The Bertz CT molecular complexity index is 2000.